The minimum Gasteiger partial charge on any atom is -0.465 e. The normalized spacial score (nSPS) is 9.61. The van der Waals surface area contributed by atoms with Crippen molar-refractivity contribution in [2.45, 2.75) is 19.8 Å². The number of amides is 3. The van der Waals surface area contributed by atoms with Crippen molar-refractivity contribution in [3.63, 3.8) is 0 Å². The maximum absolute atomic E-state index is 11.3. The van der Waals surface area contributed by atoms with Gasteiger partial charge in [0.2, 0.25) is 5.91 Å². The lowest BCUT2D eigenvalue weighted by Gasteiger charge is -2.20. The predicted molar refractivity (Wildman–Crippen MR) is 63.5 cm³/mol. The molecule has 104 valence electrons. The molecule has 0 aromatic heterocycles. The molecule has 0 unspecified atom stereocenters. The molecule has 8 nitrogen and oxygen atoms in total. The lowest BCUT2D eigenvalue weighted by molar-refractivity contribution is -0.128. The molecule has 0 aliphatic heterocycles. The Hall–Kier alpha value is -1.99. The van der Waals surface area contributed by atoms with Crippen LogP contribution in [0.3, 0.4) is 0 Å². The lowest BCUT2D eigenvalue weighted by atomic mass is 10.3. The third kappa shape index (κ3) is 9.25. The average molecular weight is 261 g/mol. The molecule has 0 rings (SSSR count). The van der Waals surface area contributed by atoms with Gasteiger partial charge in [0.1, 0.15) is 0 Å². The van der Waals surface area contributed by atoms with Gasteiger partial charge in [-0.25, -0.2) is 9.59 Å². The molecular weight excluding hydrogens is 242 g/mol. The molecule has 8 heteroatoms. The summed E-state index contributed by atoms with van der Waals surface area (Å²) in [5.41, 5.74) is 0. The molecule has 0 heterocycles. The van der Waals surface area contributed by atoms with Crippen LogP contribution in [0.1, 0.15) is 19.8 Å². The molecule has 0 aliphatic carbocycles. The summed E-state index contributed by atoms with van der Waals surface area (Å²) < 4.78 is 0. The van der Waals surface area contributed by atoms with Gasteiger partial charge in [-0.2, -0.15) is 0 Å². The summed E-state index contributed by atoms with van der Waals surface area (Å²) in [5, 5.41) is 21.1. The number of rotatable bonds is 8. The first kappa shape index (κ1) is 16.0. The van der Waals surface area contributed by atoms with Crippen molar-refractivity contribution in [3.05, 3.63) is 0 Å². The lowest BCUT2D eigenvalue weighted by Crippen LogP contribution is -2.35. The Bertz CT molecular complexity index is 273. The summed E-state index contributed by atoms with van der Waals surface area (Å²) in [6, 6.07) is 0. The van der Waals surface area contributed by atoms with E-state index in [2.05, 4.69) is 10.6 Å². The van der Waals surface area contributed by atoms with Gasteiger partial charge in [-0.15, -0.1) is 0 Å². The van der Waals surface area contributed by atoms with Crippen molar-refractivity contribution in [1.29, 1.82) is 0 Å². The molecular formula is C10H19N3O5. The Labute approximate surface area is 105 Å². The van der Waals surface area contributed by atoms with Crippen molar-refractivity contribution in [1.82, 2.24) is 15.5 Å². The van der Waals surface area contributed by atoms with Crippen LogP contribution in [-0.4, -0.2) is 59.4 Å². The zero-order chi connectivity index (χ0) is 14.0. The maximum atomic E-state index is 11.3. The summed E-state index contributed by atoms with van der Waals surface area (Å²) >= 11 is 0. The van der Waals surface area contributed by atoms with Gasteiger partial charge in [0.05, 0.1) is 0 Å². The minimum atomic E-state index is -1.09. The van der Waals surface area contributed by atoms with Gasteiger partial charge in [0.15, 0.2) is 0 Å². The molecule has 0 aromatic carbocycles. The number of carbonyl (C=O) groups excluding carboxylic acids is 1. The van der Waals surface area contributed by atoms with Crippen LogP contribution < -0.4 is 10.6 Å². The molecule has 0 aliphatic rings. The first-order valence-electron chi connectivity index (χ1n) is 5.62. The van der Waals surface area contributed by atoms with Crippen LogP contribution >= 0.6 is 0 Å². The SMILES string of the molecule is CC(=O)N(CCCNC(=O)O)CCCNC(=O)O. The van der Waals surface area contributed by atoms with Gasteiger partial charge >= 0.3 is 12.2 Å². The zero-order valence-electron chi connectivity index (χ0n) is 10.3. The third-order valence-corrected chi connectivity index (χ3v) is 2.21. The van der Waals surface area contributed by atoms with Crippen LogP contribution in [-0.2, 0) is 4.79 Å². The minimum absolute atomic E-state index is 0.111. The van der Waals surface area contributed by atoms with Gasteiger partial charge in [0.25, 0.3) is 0 Å². The van der Waals surface area contributed by atoms with E-state index in [1.54, 1.807) is 4.90 Å². The molecule has 4 N–H and O–H groups in total. The van der Waals surface area contributed by atoms with Gasteiger partial charge < -0.3 is 25.7 Å². The van der Waals surface area contributed by atoms with Crippen molar-refractivity contribution >= 4 is 18.1 Å². The monoisotopic (exact) mass is 261 g/mol. The van der Waals surface area contributed by atoms with Crippen molar-refractivity contribution in [2.24, 2.45) is 0 Å². The molecule has 0 saturated carbocycles. The molecule has 0 saturated heterocycles. The van der Waals surface area contributed by atoms with Gasteiger partial charge in [-0.3, -0.25) is 4.79 Å². The molecule has 0 spiro atoms. The van der Waals surface area contributed by atoms with E-state index in [-0.39, 0.29) is 19.0 Å². The highest BCUT2D eigenvalue weighted by Crippen LogP contribution is 1.95. The third-order valence-electron chi connectivity index (χ3n) is 2.21. The van der Waals surface area contributed by atoms with Gasteiger partial charge in [-0.1, -0.05) is 0 Å². The summed E-state index contributed by atoms with van der Waals surface area (Å²) in [6.07, 6.45) is -1.12. The van der Waals surface area contributed by atoms with E-state index >= 15 is 0 Å². The predicted octanol–water partition coefficient (Wildman–Crippen LogP) is 0.150. The van der Waals surface area contributed by atoms with E-state index in [9.17, 15) is 14.4 Å². The second kappa shape index (κ2) is 9.08. The Balaban J connectivity index is 3.75. The molecule has 0 bridgehead atoms. The smallest absolute Gasteiger partial charge is 0.404 e. The van der Waals surface area contributed by atoms with Crippen molar-refractivity contribution < 1.29 is 24.6 Å². The van der Waals surface area contributed by atoms with Crippen LogP contribution in [0.15, 0.2) is 0 Å². The second-order valence-corrected chi connectivity index (χ2v) is 3.68. The van der Waals surface area contributed by atoms with Crippen LogP contribution in [0, 0.1) is 0 Å². The summed E-state index contributed by atoms with van der Waals surface area (Å²) in [4.78, 5) is 33.2. The second-order valence-electron chi connectivity index (χ2n) is 3.68. The highest BCUT2D eigenvalue weighted by molar-refractivity contribution is 5.73. The first-order chi connectivity index (χ1) is 8.43. The standard InChI is InChI=1S/C10H19N3O5/c1-8(14)13(6-2-4-11-9(15)16)7-3-5-12-10(17)18/h11-12H,2-7H2,1H3,(H,15,16)(H,17,18). The van der Waals surface area contributed by atoms with E-state index in [1.165, 1.54) is 6.92 Å². The van der Waals surface area contributed by atoms with E-state index < -0.39 is 12.2 Å². The van der Waals surface area contributed by atoms with Gasteiger partial charge in [0, 0.05) is 33.1 Å². The topological polar surface area (TPSA) is 119 Å². The van der Waals surface area contributed by atoms with Crippen LogP contribution in [0.4, 0.5) is 9.59 Å². The quantitative estimate of drug-likeness (QED) is 0.464. The number of carboxylic acid groups (broad SMARTS) is 2. The van der Waals surface area contributed by atoms with Crippen LogP contribution in [0.5, 0.6) is 0 Å². The highest BCUT2D eigenvalue weighted by atomic mass is 16.4. The number of nitrogens with zero attached hydrogens (tertiary/aromatic N) is 1. The number of nitrogens with one attached hydrogen (secondary N) is 2. The first-order valence-corrected chi connectivity index (χ1v) is 5.62. The van der Waals surface area contributed by atoms with Gasteiger partial charge in [-0.05, 0) is 12.8 Å². The van der Waals surface area contributed by atoms with Crippen LogP contribution in [0.25, 0.3) is 0 Å². The van der Waals surface area contributed by atoms with Crippen molar-refractivity contribution in [2.75, 3.05) is 26.2 Å². The molecule has 0 radical (unpaired) electrons. The number of carbonyl (C=O) groups is 3. The Morgan fingerprint density at radius 1 is 0.944 bits per heavy atom. The van der Waals surface area contributed by atoms with Crippen molar-refractivity contribution in [3.8, 4) is 0 Å². The number of hydrogen-bond acceptors (Lipinski definition) is 3. The molecule has 3 amide bonds. The fourth-order valence-electron chi connectivity index (χ4n) is 1.36. The highest BCUT2D eigenvalue weighted by Gasteiger charge is 2.08. The Morgan fingerprint density at radius 2 is 1.33 bits per heavy atom. The fraction of sp³-hybridized carbons (Fsp3) is 0.700. The molecule has 18 heavy (non-hydrogen) atoms. The maximum Gasteiger partial charge on any atom is 0.404 e. The largest absolute Gasteiger partial charge is 0.465 e. The van der Waals surface area contributed by atoms with E-state index in [1.807, 2.05) is 0 Å². The fourth-order valence-corrected chi connectivity index (χ4v) is 1.36. The Morgan fingerprint density at radius 3 is 1.61 bits per heavy atom. The summed E-state index contributed by atoms with van der Waals surface area (Å²) in [7, 11) is 0. The molecule has 0 aromatic rings. The summed E-state index contributed by atoms with van der Waals surface area (Å²) in [5.74, 6) is -0.111. The average Bonchev–Trinajstić information content (AvgIpc) is 2.25. The van der Waals surface area contributed by atoms with Crippen LogP contribution in [0.2, 0.25) is 0 Å². The number of hydrogen-bond donors (Lipinski definition) is 4. The van der Waals surface area contributed by atoms with E-state index in [0.29, 0.717) is 25.9 Å². The Kier molecular flexibility index (Phi) is 8.08. The molecule has 0 fully saturated rings. The summed E-state index contributed by atoms with van der Waals surface area (Å²) in [6.45, 7) is 2.89. The zero-order valence-corrected chi connectivity index (χ0v) is 10.3. The molecule has 0 atom stereocenters. The van der Waals surface area contributed by atoms with E-state index in [4.69, 9.17) is 10.2 Å². The van der Waals surface area contributed by atoms with E-state index in [0.717, 1.165) is 0 Å².